The molecule has 3 rings (SSSR count). The first-order chi connectivity index (χ1) is 12.2. The van der Waals surface area contributed by atoms with E-state index in [4.69, 9.17) is 16.3 Å². The molecule has 0 saturated carbocycles. The molecule has 0 radical (unpaired) electrons. The average Bonchev–Trinajstić information content (AvgIpc) is 3.11. The average molecular weight is 356 g/mol. The van der Waals surface area contributed by atoms with Gasteiger partial charge in [-0.15, -0.1) is 0 Å². The van der Waals surface area contributed by atoms with Crippen LogP contribution in [0.5, 0.6) is 5.75 Å². The molecule has 0 spiro atoms. The second-order valence-electron chi connectivity index (χ2n) is 5.44. The summed E-state index contributed by atoms with van der Waals surface area (Å²) in [5.41, 5.74) is 2.96. The van der Waals surface area contributed by atoms with E-state index in [1.54, 1.807) is 18.2 Å². The number of carbonyl (C=O) groups is 1. The highest BCUT2D eigenvalue weighted by Crippen LogP contribution is 2.20. The van der Waals surface area contributed by atoms with Crippen molar-refractivity contribution in [1.29, 1.82) is 0 Å². The number of halogens is 1. The van der Waals surface area contributed by atoms with Gasteiger partial charge in [0.2, 0.25) is 0 Å². The van der Waals surface area contributed by atoms with Gasteiger partial charge in [0.05, 0.1) is 12.3 Å². The van der Waals surface area contributed by atoms with Crippen molar-refractivity contribution in [2.75, 3.05) is 6.61 Å². The maximum Gasteiger partial charge on any atom is 0.269 e. The monoisotopic (exact) mass is 355 g/mol. The van der Waals surface area contributed by atoms with Crippen LogP contribution >= 0.6 is 11.6 Å². The third-order valence-corrected chi connectivity index (χ3v) is 3.88. The van der Waals surface area contributed by atoms with Gasteiger partial charge in [-0.3, -0.25) is 9.89 Å². The van der Waals surface area contributed by atoms with Gasteiger partial charge in [-0.05, 0) is 42.8 Å². The van der Waals surface area contributed by atoms with E-state index < -0.39 is 0 Å². The number of benzene rings is 2. The Morgan fingerprint density at radius 3 is 2.76 bits per heavy atom. The van der Waals surface area contributed by atoms with E-state index >= 15 is 0 Å². The Morgan fingerprint density at radius 1 is 1.20 bits per heavy atom. The summed E-state index contributed by atoms with van der Waals surface area (Å²) in [7, 11) is 0. The standard InChI is InChI=1S/C19H18ClN3O2/c1-2-25-16-5-3-4-13(10-16)12-21-19(24)18-11-17(22-23-18)14-6-8-15(20)9-7-14/h3-11H,2,12H2,1H3,(H,21,24)(H,22,23). The molecule has 0 unspecified atom stereocenters. The van der Waals surface area contributed by atoms with Gasteiger partial charge < -0.3 is 10.1 Å². The summed E-state index contributed by atoms with van der Waals surface area (Å²) in [5, 5.41) is 10.5. The van der Waals surface area contributed by atoms with Crippen LogP contribution in [0.25, 0.3) is 11.3 Å². The smallest absolute Gasteiger partial charge is 0.269 e. The minimum absolute atomic E-state index is 0.213. The number of aromatic amines is 1. The molecule has 0 atom stereocenters. The van der Waals surface area contributed by atoms with Crippen molar-refractivity contribution in [2.24, 2.45) is 0 Å². The first kappa shape index (κ1) is 17.0. The molecule has 1 heterocycles. The fraction of sp³-hybridized carbons (Fsp3) is 0.158. The first-order valence-electron chi connectivity index (χ1n) is 7.97. The van der Waals surface area contributed by atoms with E-state index in [0.29, 0.717) is 29.6 Å². The molecule has 128 valence electrons. The molecular weight excluding hydrogens is 338 g/mol. The highest BCUT2D eigenvalue weighted by molar-refractivity contribution is 6.30. The van der Waals surface area contributed by atoms with Crippen molar-refractivity contribution in [3.63, 3.8) is 0 Å². The van der Waals surface area contributed by atoms with E-state index in [1.165, 1.54) is 0 Å². The number of amides is 1. The van der Waals surface area contributed by atoms with E-state index in [2.05, 4.69) is 15.5 Å². The van der Waals surface area contributed by atoms with Crippen LogP contribution in [0.2, 0.25) is 5.02 Å². The molecule has 5 nitrogen and oxygen atoms in total. The maximum atomic E-state index is 12.3. The Kier molecular flexibility index (Phi) is 5.36. The highest BCUT2D eigenvalue weighted by atomic mass is 35.5. The summed E-state index contributed by atoms with van der Waals surface area (Å²) in [6.07, 6.45) is 0. The number of H-pyrrole nitrogens is 1. The van der Waals surface area contributed by atoms with Crippen LogP contribution < -0.4 is 10.1 Å². The van der Waals surface area contributed by atoms with Crippen molar-refractivity contribution >= 4 is 17.5 Å². The molecule has 0 fully saturated rings. The summed E-state index contributed by atoms with van der Waals surface area (Å²) >= 11 is 5.88. The van der Waals surface area contributed by atoms with Crippen LogP contribution in [0.15, 0.2) is 54.6 Å². The molecule has 0 bridgehead atoms. The second-order valence-corrected chi connectivity index (χ2v) is 5.87. The number of nitrogens with zero attached hydrogens (tertiary/aromatic N) is 1. The van der Waals surface area contributed by atoms with Crippen molar-refractivity contribution in [1.82, 2.24) is 15.5 Å². The van der Waals surface area contributed by atoms with E-state index in [9.17, 15) is 4.79 Å². The molecule has 25 heavy (non-hydrogen) atoms. The van der Waals surface area contributed by atoms with Gasteiger partial charge in [0.15, 0.2) is 0 Å². The summed E-state index contributed by atoms with van der Waals surface area (Å²) in [4.78, 5) is 12.3. The number of rotatable bonds is 6. The van der Waals surface area contributed by atoms with Gasteiger partial charge in [-0.2, -0.15) is 5.10 Å². The minimum Gasteiger partial charge on any atom is -0.494 e. The zero-order valence-corrected chi connectivity index (χ0v) is 14.5. The summed E-state index contributed by atoms with van der Waals surface area (Å²) in [5.74, 6) is 0.579. The third kappa shape index (κ3) is 4.39. The highest BCUT2D eigenvalue weighted by Gasteiger charge is 2.11. The topological polar surface area (TPSA) is 67.0 Å². The van der Waals surface area contributed by atoms with Crippen molar-refractivity contribution in [3.8, 4) is 17.0 Å². The first-order valence-corrected chi connectivity index (χ1v) is 8.35. The maximum absolute atomic E-state index is 12.3. The SMILES string of the molecule is CCOc1cccc(CNC(=O)c2cc(-c3ccc(Cl)cc3)n[nH]2)c1. The van der Waals surface area contributed by atoms with Gasteiger partial charge in [-0.25, -0.2) is 0 Å². The Morgan fingerprint density at radius 2 is 2.00 bits per heavy atom. The van der Waals surface area contributed by atoms with Crippen LogP contribution in [0.4, 0.5) is 0 Å². The summed E-state index contributed by atoms with van der Waals surface area (Å²) < 4.78 is 5.46. The van der Waals surface area contributed by atoms with Crippen molar-refractivity contribution in [2.45, 2.75) is 13.5 Å². The zero-order chi connectivity index (χ0) is 17.6. The van der Waals surface area contributed by atoms with Crippen molar-refractivity contribution in [3.05, 3.63) is 70.9 Å². The molecule has 0 saturated heterocycles. The van der Waals surface area contributed by atoms with Crippen LogP contribution in [-0.2, 0) is 6.54 Å². The molecule has 0 aliphatic heterocycles. The molecule has 6 heteroatoms. The number of hydrogen-bond acceptors (Lipinski definition) is 3. The van der Waals surface area contributed by atoms with E-state index in [0.717, 1.165) is 16.9 Å². The molecular formula is C19H18ClN3O2. The van der Waals surface area contributed by atoms with Crippen LogP contribution in [0.3, 0.4) is 0 Å². The normalized spacial score (nSPS) is 10.5. The Bertz CT molecular complexity index is 859. The van der Waals surface area contributed by atoms with Gasteiger partial charge >= 0.3 is 0 Å². The predicted molar refractivity (Wildman–Crippen MR) is 97.8 cm³/mol. The molecule has 2 aromatic carbocycles. The van der Waals surface area contributed by atoms with Gasteiger partial charge in [0.1, 0.15) is 11.4 Å². The van der Waals surface area contributed by atoms with Crippen molar-refractivity contribution < 1.29 is 9.53 Å². The molecule has 1 aromatic heterocycles. The Labute approximate surface area is 151 Å². The van der Waals surface area contributed by atoms with Crippen LogP contribution in [0.1, 0.15) is 23.0 Å². The van der Waals surface area contributed by atoms with E-state index in [-0.39, 0.29) is 5.91 Å². The second kappa shape index (κ2) is 7.85. The number of hydrogen-bond donors (Lipinski definition) is 2. The van der Waals surface area contributed by atoms with Gasteiger partial charge in [-0.1, -0.05) is 35.9 Å². The van der Waals surface area contributed by atoms with Gasteiger partial charge in [0.25, 0.3) is 5.91 Å². The molecule has 2 N–H and O–H groups in total. The molecule has 1 amide bonds. The van der Waals surface area contributed by atoms with Crippen LogP contribution in [-0.4, -0.2) is 22.7 Å². The largest absolute Gasteiger partial charge is 0.494 e. The van der Waals surface area contributed by atoms with Crippen LogP contribution in [0, 0.1) is 0 Å². The summed E-state index contributed by atoms with van der Waals surface area (Å²) in [6, 6.07) is 16.7. The number of carbonyl (C=O) groups excluding carboxylic acids is 1. The lowest BCUT2D eigenvalue weighted by Crippen LogP contribution is -2.23. The quantitative estimate of drug-likeness (QED) is 0.700. The zero-order valence-electron chi connectivity index (χ0n) is 13.8. The molecule has 0 aliphatic carbocycles. The fourth-order valence-electron chi connectivity index (χ4n) is 2.40. The summed E-state index contributed by atoms with van der Waals surface area (Å²) in [6.45, 7) is 2.96. The van der Waals surface area contributed by atoms with Gasteiger partial charge in [0, 0.05) is 17.1 Å². The lowest BCUT2D eigenvalue weighted by molar-refractivity contribution is 0.0946. The Hall–Kier alpha value is -2.79. The molecule has 0 aliphatic rings. The number of aromatic nitrogens is 2. The lowest BCUT2D eigenvalue weighted by atomic mass is 10.1. The number of ether oxygens (including phenoxy) is 1. The number of nitrogens with one attached hydrogen (secondary N) is 2. The third-order valence-electron chi connectivity index (χ3n) is 3.62. The van der Waals surface area contributed by atoms with E-state index in [1.807, 2.05) is 43.3 Å². The lowest BCUT2D eigenvalue weighted by Gasteiger charge is -2.07. The predicted octanol–water partition coefficient (Wildman–Crippen LogP) is 4.06. The Balaban J connectivity index is 1.64. The fourth-order valence-corrected chi connectivity index (χ4v) is 2.52. The molecule has 3 aromatic rings. The minimum atomic E-state index is -0.213.